The minimum Gasteiger partial charge on any atom is -0.322 e. The van der Waals surface area contributed by atoms with Gasteiger partial charge in [-0.1, -0.05) is 6.08 Å². The van der Waals surface area contributed by atoms with Crippen molar-refractivity contribution in [1.29, 1.82) is 0 Å². The van der Waals surface area contributed by atoms with Gasteiger partial charge in [0.15, 0.2) is 0 Å². The highest BCUT2D eigenvalue weighted by Gasteiger charge is 2.08. The molecule has 0 bridgehead atoms. The molecule has 0 fully saturated rings. The Bertz CT molecular complexity index is 128. The number of carbonyl (C=O) groups excluding carboxylic acids is 1. The Hall–Kier alpha value is -0.790. The molecule has 44 valence electrons. The second kappa shape index (κ2) is 1.99. The minimum atomic E-state index is 0.838. The van der Waals surface area contributed by atoms with E-state index < -0.39 is 0 Å². The summed E-state index contributed by atoms with van der Waals surface area (Å²) in [5.74, 6) is 0. The van der Waals surface area contributed by atoms with Crippen LogP contribution in [0, 0.1) is 0 Å². The lowest BCUT2D eigenvalue weighted by molar-refractivity contribution is -0.115. The summed E-state index contributed by atoms with van der Waals surface area (Å²) in [6.45, 7) is 0. The van der Waals surface area contributed by atoms with Crippen molar-refractivity contribution >= 4 is 6.41 Å². The summed E-state index contributed by atoms with van der Waals surface area (Å²) < 4.78 is 0. The molecular weight excluding hydrogens is 102 g/mol. The van der Waals surface area contributed by atoms with E-state index in [0.717, 1.165) is 24.9 Å². The van der Waals surface area contributed by atoms with Gasteiger partial charge in [-0.15, -0.1) is 0 Å². The fraction of sp³-hybridized carbons (Fsp3) is 0.500. The largest absolute Gasteiger partial charge is 0.322 e. The lowest BCUT2D eigenvalue weighted by Gasteiger charge is -2.20. The van der Waals surface area contributed by atoms with E-state index in [1.165, 1.54) is 0 Å². The highest BCUT2D eigenvalue weighted by atomic mass is 16.1. The fourth-order valence-corrected chi connectivity index (χ4v) is 0.661. The number of rotatable bonds is 2. The second-order valence-corrected chi connectivity index (χ2v) is 1.95. The third-order valence-corrected chi connectivity index (χ3v) is 1.39. The van der Waals surface area contributed by atoms with E-state index in [4.69, 9.17) is 0 Å². The summed E-state index contributed by atoms with van der Waals surface area (Å²) >= 11 is 0. The monoisotopic (exact) mass is 111 g/mol. The van der Waals surface area contributed by atoms with Crippen LogP contribution in [-0.2, 0) is 4.79 Å². The van der Waals surface area contributed by atoms with Gasteiger partial charge in [0, 0.05) is 12.7 Å². The van der Waals surface area contributed by atoms with Gasteiger partial charge in [0.1, 0.15) is 0 Å². The third kappa shape index (κ3) is 0.735. The van der Waals surface area contributed by atoms with Gasteiger partial charge in [0.2, 0.25) is 6.41 Å². The van der Waals surface area contributed by atoms with Gasteiger partial charge in [0.05, 0.1) is 0 Å². The summed E-state index contributed by atoms with van der Waals surface area (Å²) in [7, 11) is 1.78. The number of nitrogens with zero attached hydrogens (tertiary/aromatic N) is 1. The van der Waals surface area contributed by atoms with Gasteiger partial charge in [-0.05, 0) is 12.8 Å². The fourth-order valence-electron chi connectivity index (χ4n) is 0.661. The van der Waals surface area contributed by atoms with Crippen LogP contribution in [0.15, 0.2) is 11.8 Å². The molecule has 0 radical (unpaired) electrons. The summed E-state index contributed by atoms with van der Waals surface area (Å²) in [4.78, 5) is 11.6. The molecular formula is C6H9NO. The number of amides is 1. The van der Waals surface area contributed by atoms with Crippen molar-refractivity contribution in [2.24, 2.45) is 0 Å². The first-order valence-electron chi connectivity index (χ1n) is 2.72. The molecule has 1 aliphatic carbocycles. The first kappa shape index (κ1) is 5.35. The molecule has 0 unspecified atom stereocenters. The number of carbonyl (C=O) groups is 1. The molecule has 0 saturated heterocycles. The van der Waals surface area contributed by atoms with Crippen molar-refractivity contribution in [1.82, 2.24) is 4.90 Å². The van der Waals surface area contributed by atoms with E-state index >= 15 is 0 Å². The lowest BCUT2D eigenvalue weighted by Crippen LogP contribution is -2.18. The summed E-state index contributed by atoms with van der Waals surface area (Å²) in [6, 6.07) is 0. The van der Waals surface area contributed by atoms with E-state index in [2.05, 4.69) is 6.08 Å². The van der Waals surface area contributed by atoms with Gasteiger partial charge in [-0.25, -0.2) is 0 Å². The molecule has 1 rings (SSSR count). The van der Waals surface area contributed by atoms with Crippen LogP contribution in [0.1, 0.15) is 12.8 Å². The van der Waals surface area contributed by atoms with E-state index in [1.807, 2.05) is 0 Å². The van der Waals surface area contributed by atoms with Crippen molar-refractivity contribution in [3.05, 3.63) is 11.8 Å². The lowest BCUT2D eigenvalue weighted by atomic mass is 10.1. The Morgan fingerprint density at radius 2 is 2.50 bits per heavy atom. The van der Waals surface area contributed by atoms with Crippen LogP contribution in [0.2, 0.25) is 0 Å². The molecule has 0 aromatic rings. The summed E-state index contributed by atoms with van der Waals surface area (Å²) in [5.41, 5.74) is 1.15. The second-order valence-electron chi connectivity index (χ2n) is 1.95. The molecule has 0 aliphatic heterocycles. The van der Waals surface area contributed by atoms with E-state index in [0.29, 0.717) is 0 Å². The van der Waals surface area contributed by atoms with Crippen LogP contribution in [0.25, 0.3) is 0 Å². The number of hydrogen-bond acceptors (Lipinski definition) is 1. The SMILES string of the molecule is CN(C=O)C1=CCC1. The van der Waals surface area contributed by atoms with Crippen molar-refractivity contribution < 1.29 is 4.79 Å². The van der Waals surface area contributed by atoms with E-state index in [-0.39, 0.29) is 0 Å². The van der Waals surface area contributed by atoms with Crippen molar-refractivity contribution in [2.75, 3.05) is 7.05 Å². The predicted octanol–water partition coefficient (Wildman–Crippen LogP) is 0.752. The van der Waals surface area contributed by atoms with Gasteiger partial charge < -0.3 is 4.90 Å². The van der Waals surface area contributed by atoms with Crippen molar-refractivity contribution in [3.63, 3.8) is 0 Å². The van der Waals surface area contributed by atoms with Gasteiger partial charge >= 0.3 is 0 Å². The molecule has 0 aromatic heterocycles. The first-order chi connectivity index (χ1) is 3.84. The van der Waals surface area contributed by atoms with Crippen LogP contribution in [0.5, 0.6) is 0 Å². The molecule has 0 saturated carbocycles. The Kier molecular flexibility index (Phi) is 1.33. The maximum absolute atomic E-state index is 10.0. The molecule has 0 spiro atoms. The maximum Gasteiger partial charge on any atom is 0.213 e. The van der Waals surface area contributed by atoms with Crippen molar-refractivity contribution in [3.8, 4) is 0 Å². The zero-order valence-corrected chi connectivity index (χ0v) is 4.92. The third-order valence-electron chi connectivity index (χ3n) is 1.39. The number of allylic oxidation sites excluding steroid dienone is 2. The zero-order chi connectivity index (χ0) is 5.98. The van der Waals surface area contributed by atoms with E-state index in [9.17, 15) is 4.79 Å². The Morgan fingerprint density at radius 1 is 1.88 bits per heavy atom. The van der Waals surface area contributed by atoms with E-state index in [1.54, 1.807) is 11.9 Å². The molecule has 0 aromatic carbocycles. The minimum absolute atomic E-state index is 0.838. The first-order valence-corrected chi connectivity index (χ1v) is 2.72. The highest BCUT2D eigenvalue weighted by molar-refractivity contribution is 5.51. The molecule has 0 heterocycles. The molecule has 2 nitrogen and oxygen atoms in total. The van der Waals surface area contributed by atoms with Crippen LogP contribution >= 0.6 is 0 Å². The topological polar surface area (TPSA) is 20.3 Å². The maximum atomic E-state index is 10.0. The Morgan fingerprint density at radius 3 is 2.62 bits per heavy atom. The van der Waals surface area contributed by atoms with Crippen LogP contribution in [0.3, 0.4) is 0 Å². The summed E-state index contributed by atoms with van der Waals surface area (Å²) in [6.07, 6.45) is 5.10. The molecule has 8 heavy (non-hydrogen) atoms. The van der Waals surface area contributed by atoms with Crippen LogP contribution in [0.4, 0.5) is 0 Å². The Labute approximate surface area is 48.8 Å². The standard InChI is InChI=1S/C6H9NO/c1-7(5-8)6-3-2-4-6/h3,5H,2,4H2,1H3. The molecule has 1 aliphatic rings. The van der Waals surface area contributed by atoms with Gasteiger partial charge in [0.25, 0.3) is 0 Å². The van der Waals surface area contributed by atoms with Crippen LogP contribution < -0.4 is 0 Å². The number of hydrogen-bond donors (Lipinski definition) is 0. The molecule has 0 N–H and O–H groups in total. The van der Waals surface area contributed by atoms with Crippen LogP contribution in [-0.4, -0.2) is 18.4 Å². The zero-order valence-electron chi connectivity index (χ0n) is 4.92. The van der Waals surface area contributed by atoms with Crippen molar-refractivity contribution in [2.45, 2.75) is 12.8 Å². The Balaban J connectivity index is 2.45. The average Bonchev–Trinajstić information content (AvgIpc) is 1.62. The molecule has 1 amide bonds. The smallest absolute Gasteiger partial charge is 0.213 e. The predicted molar refractivity (Wildman–Crippen MR) is 31.1 cm³/mol. The molecule has 0 atom stereocenters. The normalized spacial score (nSPS) is 16.4. The quantitative estimate of drug-likeness (QED) is 0.481. The molecule has 2 heteroatoms. The average molecular weight is 111 g/mol. The highest BCUT2D eigenvalue weighted by Crippen LogP contribution is 2.18. The van der Waals surface area contributed by atoms with Gasteiger partial charge in [-0.3, -0.25) is 4.79 Å². The van der Waals surface area contributed by atoms with Gasteiger partial charge in [-0.2, -0.15) is 0 Å². The summed E-state index contributed by atoms with van der Waals surface area (Å²) in [5, 5.41) is 0.